The molecule has 1 aromatic heterocycles. The number of hydrogen-bond donors (Lipinski definition) is 1. The Kier molecular flexibility index (Phi) is 4.21. The van der Waals surface area contributed by atoms with Gasteiger partial charge in [-0.3, -0.25) is 0 Å². The van der Waals surface area contributed by atoms with E-state index in [2.05, 4.69) is 29.8 Å². The zero-order valence-corrected chi connectivity index (χ0v) is 10.4. The second-order valence-corrected chi connectivity index (χ2v) is 5.76. The molecule has 1 heterocycles. The highest BCUT2D eigenvalue weighted by atomic mass is 32.1. The van der Waals surface area contributed by atoms with Gasteiger partial charge >= 0.3 is 0 Å². The summed E-state index contributed by atoms with van der Waals surface area (Å²) in [5.74, 6) is 1.08. The molecular weight excluding hydrogens is 202 g/mol. The average Bonchev–Trinajstić information content (AvgIpc) is 2.91. The van der Waals surface area contributed by atoms with Crippen LogP contribution in [0, 0.1) is 5.92 Å². The molecule has 0 spiro atoms. The Balaban J connectivity index is 1.53. The van der Waals surface area contributed by atoms with Gasteiger partial charge in [-0.05, 0) is 50.1 Å². The molecule has 1 nitrogen and oxygen atoms in total. The summed E-state index contributed by atoms with van der Waals surface area (Å²) >= 11 is 1.87. The zero-order valence-electron chi connectivity index (χ0n) is 9.54. The Hall–Kier alpha value is -0.340. The first-order valence-electron chi connectivity index (χ1n) is 6.10. The van der Waals surface area contributed by atoms with Gasteiger partial charge in [0.15, 0.2) is 0 Å². The van der Waals surface area contributed by atoms with E-state index >= 15 is 0 Å². The minimum atomic E-state index is 0.628. The molecule has 0 aromatic carbocycles. The van der Waals surface area contributed by atoms with Gasteiger partial charge in [-0.1, -0.05) is 18.9 Å². The quantitative estimate of drug-likeness (QED) is 0.698. The van der Waals surface area contributed by atoms with Gasteiger partial charge in [-0.2, -0.15) is 0 Å². The van der Waals surface area contributed by atoms with Gasteiger partial charge in [0, 0.05) is 10.9 Å². The maximum atomic E-state index is 3.61. The molecule has 1 aliphatic carbocycles. The third-order valence-electron chi connectivity index (χ3n) is 3.07. The first kappa shape index (κ1) is 11.2. The highest BCUT2D eigenvalue weighted by Crippen LogP contribution is 2.33. The van der Waals surface area contributed by atoms with Gasteiger partial charge in [0.1, 0.15) is 0 Å². The Morgan fingerprint density at radius 1 is 1.53 bits per heavy atom. The lowest BCUT2D eigenvalue weighted by molar-refractivity contribution is 0.517. The lowest BCUT2D eigenvalue weighted by Crippen LogP contribution is -2.28. The second kappa shape index (κ2) is 5.66. The molecule has 2 heteroatoms. The minimum absolute atomic E-state index is 0.628. The summed E-state index contributed by atoms with van der Waals surface area (Å²) in [4.78, 5) is 1.50. The lowest BCUT2D eigenvalue weighted by Gasteiger charge is -2.12. The zero-order chi connectivity index (χ0) is 10.5. The van der Waals surface area contributed by atoms with Crippen LogP contribution in [-0.4, -0.2) is 12.6 Å². The van der Waals surface area contributed by atoms with Crippen LogP contribution >= 0.6 is 11.3 Å². The Morgan fingerprint density at radius 3 is 3.07 bits per heavy atom. The predicted octanol–water partition coefficient (Wildman–Crippen LogP) is 3.46. The Labute approximate surface area is 96.9 Å². The molecule has 0 radical (unpaired) electrons. The topological polar surface area (TPSA) is 12.0 Å². The molecule has 0 amide bonds. The van der Waals surface area contributed by atoms with Crippen molar-refractivity contribution < 1.29 is 0 Å². The van der Waals surface area contributed by atoms with Crippen molar-refractivity contribution in [2.24, 2.45) is 5.92 Å². The molecule has 1 aromatic rings. The van der Waals surface area contributed by atoms with Crippen LogP contribution in [0.1, 0.15) is 37.5 Å². The van der Waals surface area contributed by atoms with Gasteiger partial charge in [-0.15, -0.1) is 11.3 Å². The van der Waals surface area contributed by atoms with E-state index in [0.717, 1.165) is 5.92 Å². The van der Waals surface area contributed by atoms with E-state index in [4.69, 9.17) is 0 Å². The van der Waals surface area contributed by atoms with Crippen molar-refractivity contribution in [3.63, 3.8) is 0 Å². The van der Waals surface area contributed by atoms with E-state index in [9.17, 15) is 0 Å². The molecule has 0 bridgehead atoms. The van der Waals surface area contributed by atoms with Gasteiger partial charge in [0.05, 0.1) is 0 Å². The van der Waals surface area contributed by atoms with E-state index in [-0.39, 0.29) is 0 Å². The van der Waals surface area contributed by atoms with Crippen LogP contribution in [0.5, 0.6) is 0 Å². The highest BCUT2D eigenvalue weighted by molar-refractivity contribution is 7.09. The largest absolute Gasteiger partial charge is 0.314 e. The SMILES string of the molecule is CC(Cc1cccs1)NCCCC1CC1. The lowest BCUT2D eigenvalue weighted by atomic mass is 10.2. The fraction of sp³-hybridized carbons (Fsp3) is 0.692. The van der Waals surface area contributed by atoms with Crippen molar-refractivity contribution in [2.75, 3.05) is 6.54 Å². The molecule has 1 atom stereocenters. The van der Waals surface area contributed by atoms with Crippen molar-refractivity contribution in [2.45, 2.75) is 45.1 Å². The Morgan fingerprint density at radius 2 is 2.40 bits per heavy atom. The molecule has 0 saturated heterocycles. The van der Waals surface area contributed by atoms with E-state index in [1.54, 1.807) is 0 Å². The van der Waals surface area contributed by atoms with Gasteiger partial charge in [-0.25, -0.2) is 0 Å². The molecule has 1 saturated carbocycles. The van der Waals surface area contributed by atoms with Gasteiger partial charge < -0.3 is 5.32 Å². The molecular formula is C13H21NS. The molecule has 15 heavy (non-hydrogen) atoms. The molecule has 2 rings (SSSR count). The molecule has 1 aliphatic rings. The standard InChI is InChI=1S/C13H21NS/c1-11(10-13-5-3-9-15-13)14-8-2-4-12-6-7-12/h3,5,9,11-12,14H,2,4,6-8,10H2,1H3. The highest BCUT2D eigenvalue weighted by Gasteiger charge is 2.19. The van der Waals surface area contributed by atoms with Gasteiger partial charge in [0.2, 0.25) is 0 Å². The fourth-order valence-corrected chi connectivity index (χ4v) is 2.78. The van der Waals surface area contributed by atoms with Crippen LogP contribution in [0.25, 0.3) is 0 Å². The average molecular weight is 223 g/mol. The fourth-order valence-electron chi connectivity index (χ4n) is 1.95. The number of nitrogens with one attached hydrogen (secondary N) is 1. The summed E-state index contributed by atoms with van der Waals surface area (Å²) in [5.41, 5.74) is 0. The molecule has 1 fully saturated rings. The van der Waals surface area contributed by atoms with Crippen molar-refractivity contribution in [3.8, 4) is 0 Å². The summed E-state index contributed by atoms with van der Waals surface area (Å²) in [6.45, 7) is 3.49. The van der Waals surface area contributed by atoms with Crippen LogP contribution in [0.3, 0.4) is 0 Å². The van der Waals surface area contributed by atoms with Gasteiger partial charge in [0.25, 0.3) is 0 Å². The van der Waals surface area contributed by atoms with Crippen LogP contribution in [0.4, 0.5) is 0 Å². The molecule has 1 unspecified atom stereocenters. The van der Waals surface area contributed by atoms with Crippen LogP contribution in [0.15, 0.2) is 17.5 Å². The molecule has 1 N–H and O–H groups in total. The Bertz CT molecular complexity index is 264. The second-order valence-electron chi connectivity index (χ2n) is 4.72. The first-order chi connectivity index (χ1) is 7.34. The minimum Gasteiger partial charge on any atom is -0.314 e. The van der Waals surface area contributed by atoms with E-state index in [1.807, 2.05) is 11.3 Å². The summed E-state index contributed by atoms with van der Waals surface area (Å²) in [6.07, 6.45) is 6.97. The van der Waals surface area contributed by atoms with Crippen LogP contribution < -0.4 is 5.32 Å². The first-order valence-corrected chi connectivity index (χ1v) is 6.98. The number of rotatable bonds is 7. The number of hydrogen-bond acceptors (Lipinski definition) is 2. The summed E-state index contributed by atoms with van der Waals surface area (Å²) in [5, 5.41) is 5.77. The summed E-state index contributed by atoms with van der Waals surface area (Å²) in [6, 6.07) is 5.00. The van der Waals surface area contributed by atoms with Crippen LogP contribution in [-0.2, 0) is 6.42 Å². The van der Waals surface area contributed by atoms with Crippen molar-refractivity contribution in [3.05, 3.63) is 22.4 Å². The predicted molar refractivity (Wildman–Crippen MR) is 67.4 cm³/mol. The van der Waals surface area contributed by atoms with Crippen molar-refractivity contribution in [1.29, 1.82) is 0 Å². The van der Waals surface area contributed by atoms with Crippen molar-refractivity contribution in [1.82, 2.24) is 5.32 Å². The van der Waals surface area contributed by atoms with E-state index in [0.29, 0.717) is 6.04 Å². The number of thiophene rings is 1. The smallest absolute Gasteiger partial charge is 0.00870 e. The summed E-state index contributed by atoms with van der Waals surface area (Å²) < 4.78 is 0. The van der Waals surface area contributed by atoms with E-state index in [1.165, 1.54) is 43.5 Å². The maximum absolute atomic E-state index is 3.61. The maximum Gasteiger partial charge on any atom is 0.00870 e. The molecule has 84 valence electrons. The normalized spacial score (nSPS) is 17.9. The monoisotopic (exact) mass is 223 g/mol. The van der Waals surface area contributed by atoms with Crippen LogP contribution in [0.2, 0.25) is 0 Å². The van der Waals surface area contributed by atoms with Crippen molar-refractivity contribution >= 4 is 11.3 Å². The molecule has 0 aliphatic heterocycles. The van der Waals surface area contributed by atoms with E-state index < -0.39 is 0 Å². The third-order valence-corrected chi connectivity index (χ3v) is 3.97. The summed E-state index contributed by atoms with van der Waals surface area (Å²) in [7, 11) is 0. The third kappa shape index (κ3) is 4.35.